The van der Waals surface area contributed by atoms with Gasteiger partial charge in [-0.2, -0.15) is 5.26 Å². The van der Waals surface area contributed by atoms with Gasteiger partial charge in [-0.15, -0.1) is 0 Å². The summed E-state index contributed by atoms with van der Waals surface area (Å²) in [7, 11) is 0. The summed E-state index contributed by atoms with van der Waals surface area (Å²) in [4.78, 5) is 4.23. The molecule has 1 heterocycles. The molecule has 0 atom stereocenters. The van der Waals surface area contributed by atoms with E-state index in [1.54, 1.807) is 24.3 Å². The number of nitrogens with zero attached hydrogens (tertiary/aromatic N) is 2. The Bertz CT molecular complexity index is 993. The van der Waals surface area contributed by atoms with Crippen LogP contribution < -0.4 is 5.73 Å². The number of aromatic nitrogens is 1. The molecule has 3 nitrogen and oxygen atoms in total. The molecule has 0 amide bonds. The lowest BCUT2D eigenvalue weighted by atomic mass is 9.86. The molecule has 0 unspecified atom stereocenters. The quantitative estimate of drug-likeness (QED) is 0.685. The molecule has 0 spiro atoms. The lowest BCUT2D eigenvalue weighted by molar-refractivity contribution is 0.590. The first-order valence-corrected chi connectivity index (χ1v) is 8.37. The molecule has 0 saturated carbocycles. The summed E-state index contributed by atoms with van der Waals surface area (Å²) < 4.78 is 14.2. The fourth-order valence-corrected chi connectivity index (χ4v) is 2.87. The van der Waals surface area contributed by atoms with Gasteiger partial charge in [0.1, 0.15) is 23.3 Å². The molecule has 0 saturated heterocycles. The Morgan fingerprint density at radius 1 is 1.00 bits per heavy atom. The molecular weight excluding hydrogens is 325 g/mol. The molecule has 4 heteroatoms. The first kappa shape index (κ1) is 17.6. The Balaban J connectivity index is 2.18. The monoisotopic (exact) mass is 345 g/mol. The van der Waals surface area contributed by atoms with Crippen LogP contribution in [0.25, 0.3) is 22.4 Å². The second kappa shape index (κ2) is 6.61. The summed E-state index contributed by atoms with van der Waals surface area (Å²) in [6, 6.07) is 18.2. The first-order chi connectivity index (χ1) is 12.3. The molecule has 0 fully saturated rings. The molecule has 1 aromatic heterocycles. The maximum atomic E-state index is 14.2. The Morgan fingerprint density at radius 3 is 2.23 bits per heavy atom. The third-order valence-corrected chi connectivity index (χ3v) is 4.37. The van der Waals surface area contributed by atoms with Crippen LogP contribution in [0.3, 0.4) is 0 Å². The molecule has 0 aliphatic carbocycles. The van der Waals surface area contributed by atoms with E-state index in [1.165, 1.54) is 11.6 Å². The van der Waals surface area contributed by atoms with Crippen LogP contribution in [0.2, 0.25) is 0 Å². The second-order valence-electron chi connectivity index (χ2n) is 7.23. The molecular formula is C22H20FN3. The van der Waals surface area contributed by atoms with Crippen LogP contribution in [0, 0.1) is 17.1 Å². The molecule has 3 rings (SSSR count). The van der Waals surface area contributed by atoms with Gasteiger partial charge in [-0.05, 0) is 34.7 Å². The zero-order valence-corrected chi connectivity index (χ0v) is 15.0. The van der Waals surface area contributed by atoms with Gasteiger partial charge in [-0.25, -0.2) is 9.37 Å². The van der Waals surface area contributed by atoms with E-state index in [1.807, 2.05) is 24.3 Å². The van der Waals surface area contributed by atoms with Crippen molar-refractivity contribution < 1.29 is 4.39 Å². The van der Waals surface area contributed by atoms with E-state index < -0.39 is 0 Å². The highest BCUT2D eigenvalue weighted by molar-refractivity contribution is 5.80. The van der Waals surface area contributed by atoms with Crippen LogP contribution >= 0.6 is 0 Å². The molecule has 2 aromatic carbocycles. The van der Waals surface area contributed by atoms with Crippen molar-refractivity contribution in [3.05, 3.63) is 71.5 Å². The number of hydrogen-bond donors (Lipinski definition) is 1. The van der Waals surface area contributed by atoms with Crippen LogP contribution in [-0.2, 0) is 5.41 Å². The number of nitriles is 1. The predicted molar refractivity (Wildman–Crippen MR) is 103 cm³/mol. The van der Waals surface area contributed by atoms with Gasteiger partial charge >= 0.3 is 0 Å². The SMILES string of the molecule is CC(C)(C)c1ccc(-c2cc(-c3ccccc3F)nc(N)c2C#N)cc1. The molecule has 0 aliphatic heterocycles. The van der Waals surface area contributed by atoms with Gasteiger partial charge in [0.05, 0.1) is 5.69 Å². The molecule has 0 radical (unpaired) electrons. The van der Waals surface area contributed by atoms with Crippen molar-refractivity contribution in [2.45, 2.75) is 26.2 Å². The van der Waals surface area contributed by atoms with E-state index in [0.717, 1.165) is 5.56 Å². The molecule has 130 valence electrons. The van der Waals surface area contributed by atoms with Gasteiger partial charge in [0.25, 0.3) is 0 Å². The van der Waals surface area contributed by atoms with E-state index in [9.17, 15) is 9.65 Å². The zero-order valence-electron chi connectivity index (χ0n) is 15.0. The second-order valence-corrected chi connectivity index (χ2v) is 7.23. The first-order valence-electron chi connectivity index (χ1n) is 8.37. The summed E-state index contributed by atoms with van der Waals surface area (Å²) in [5, 5.41) is 9.52. The molecule has 2 N–H and O–H groups in total. The van der Waals surface area contributed by atoms with E-state index in [0.29, 0.717) is 22.4 Å². The van der Waals surface area contributed by atoms with Crippen molar-refractivity contribution >= 4 is 5.82 Å². The minimum Gasteiger partial charge on any atom is -0.383 e. The van der Waals surface area contributed by atoms with Crippen molar-refractivity contribution in [2.24, 2.45) is 0 Å². The zero-order chi connectivity index (χ0) is 18.9. The Labute approximate surface area is 152 Å². The molecule has 0 bridgehead atoms. The van der Waals surface area contributed by atoms with Crippen LogP contribution in [0.4, 0.5) is 10.2 Å². The Kier molecular flexibility index (Phi) is 4.48. The van der Waals surface area contributed by atoms with Crippen LogP contribution in [-0.4, -0.2) is 4.98 Å². The summed E-state index contributed by atoms with van der Waals surface area (Å²) in [5.41, 5.74) is 9.79. The highest BCUT2D eigenvalue weighted by Crippen LogP contribution is 2.33. The van der Waals surface area contributed by atoms with Gasteiger partial charge in [0, 0.05) is 11.1 Å². The van der Waals surface area contributed by atoms with Crippen LogP contribution in [0.5, 0.6) is 0 Å². The largest absolute Gasteiger partial charge is 0.383 e. The van der Waals surface area contributed by atoms with Crippen LogP contribution in [0.1, 0.15) is 31.9 Å². The van der Waals surface area contributed by atoms with Crippen LogP contribution in [0.15, 0.2) is 54.6 Å². The van der Waals surface area contributed by atoms with E-state index in [4.69, 9.17) is 5.73 Å². The highest BCUT2D eigenvalue weighted by atomic mass is 19.1. The number of hydrogen-bond acceptors (Lipinski definition) is 3. The van der Waals surface area contributed by atoms with Crippen molar-refractivity contribution in [1.29, 1.82) is 5.26 Å². The third-order valence-electron chi connectivity index (χ3n) is 4.37. The topological polar surface area (TPSA) is 62.7 Å². The van der Waals surface area contributed by atoms with E-state index in [2.05, 4.69) is 31.8 Å². The van der Waals surface area contributed by atoms with Crippen molar-refractivity contribution in [3.8, 4) is 28.5 Å². The summed E-state index contributed by atoms with van der Waals surface area (Å²) in [6.45, 7) is 6.43. The van der Waals surface area contributed by atoms with Gasteiger partial charge in [-0.3, -0.25) is 0 Å². The van der Waals surface area contributed by atoms with Gasteiger partial charge in [-0.1, -0.05) is 57.2 Å². The number of nitrogens with two attached hydrogens (primary N) is 1. The fourth-order valence-electron chi connectivity index (χ4n) is 2.87. The molecule has 26 heavy (non-hydrogen) atoms. The summed E-state index contributed by atoms with van der Waals surface area (Å²) in [6.07, 6.45) is 0. The van der Waals surface area contributed by atoms with Crippen molar-refractivity contribution in [2.75, 3.05) is 5.73 Å². The van der Waals surface area contributed by atoms with E-state index >= 15 is 0 Å². The Morgan fingerprint density at radius 2 is 1.65 bits per heavy atom. The Hall–Kier alpha value is -3.19. The maximum Gasteiger partial charge on any atom is 0.142 e. The molecule has 0 aliphatic rings. The normalized spacial score (nSPS) is 11.2. The smallest absolute Gasteiger partial charge is 0.142 e. The van der Waals surface area contributed by atoms with Crippen molar-refractivity contribution in [1.82, 2.24) is 4.98 Å². The predicted octanol–water partition coefficient (Wildman–Crippen LogP) is 5.31. The molecule has 3 aromatic rings. The average Bonchev–Trinajstić information content (AvgIpc) is 2.61. The maximum absolute atomic E-state index is 14.2. The summed E-state index contributed by atoms with van der Waals surface area (Å²) in [5.74, 6) is -0.277. The fraction of sp³-hybridized carbons (Fsp3) is 0.182. The third kappa shape index (κ3) is 3.29. The lowest BCUT2D eigenvalue weighted by Gasteiger charge is -2.19. The minimum absolute atomic E-state index is 0.0339. The summed E-state index contributed by atoms with van der Waals surface area (Å²) >= 11 is 0. The van der Waals surface area contributed by atoms with E-state index in [-0.39, 0.29) is 17.1 Å². The lowest BCUT2D eigenvalue weighted by Crippen LogP contribution is -2.10. The number of rotatable bonds is 2. The minimum atomic E-state index is -0.377. The van der Waals surface area contributed by atoms with Gasteiger partial charge in [0.15, 0.2) is 0 Å². The number of nitrogen functional groups attached to an aromatic ring is 1. The van der Waals surface area contributed by atoms with Gasteiger partial charge in [0.2, 0.25) is 0 Å². The number of halogens is 1. The number of pyridine rings is 1. The number of benzene rings is 2. The standard InChI is InChI=1S/C22H20FN3/c1-22(2,3)15-10-8-14(9-11-15)17-12-20(26-21(25)18(17)13-24)16-6-4-5-7-19(16)23/h4-12H,1-3H3,(H2,25,26). The number of anilines is 1. The highest BCUT2D eigenvalue weighted by Gasteiger charge is 2.17. The van der Waals surface area contributed by atoms with Gasteiger partial charge < -0.3 is 5.73 Å². The average molecular weight is 345 g/mol. The van der Waals surface area contributed by atoms with Crippen molar-refractivity contribution in [3.63, 3.8) is 0 Å².